The van der Waals surface area contributed by atoms with Crippen molar-refractivity contribution in [3.05, 3.63) is 17.7 Å². The first-order chi connectivity index (χ1) is 11.8. The first-order valence-corrected chi connectivity index (χ1v) is 8.81. The number of H-pyrrole nitrogens is 1. The van der Waals surface area contributed by atoms with Gasteiger partial charge in [0.15, 0.2) is 0 Å². The molecule has 0 aliphatic heterocycles. The molecule has 0 saturated carbocycles. The predicted molar refractivity (Wildman–Crippen MR) is 96.8 cm³/mol. The lowest BCUT2D eigenvalue weighted by molar-refractivity contribution is -0.414. The number of carbonyl (C=O) groups excluding carboxylic acids is 2. The number of aromatic amines is 1. The highest BCUT2D eigenvalue weighted by Gasteiger charge is 2.35. The summed E-state index contributed by atoms with van der Waals surface area (Å²) in [6.45, 7) is 10.4. The average Bonchev–Trinajstić information content (AvgIpc) is 3.07. The highest BCUT2D eigenvalue weighted by molar-refractivity contribution is 6.37. The zero-order valence-corrected chi connectivity index (χ0v) is 16.4. The molecule has 1 rings (SSSR count). The van der Waals surface area contributed by atoms with Gasteiger partial charge in [0, 0.05) is 24.4 Å². The molecule has 0 aromatic carbocycles. The van der Waals surface area contributed by atoms with Crippen LogP contribution in [0.1, 0.15) is 58.6 Å². The maximum Gasteiger partial charge on any atom is 0.596 e. The minimum absolute atomic E-state index is 0.119. The Balaban J connectivity index is 3.26. The normalized spacial score (nSPS) is 13.4. The SMILES string of the molecule is CCCN(C(=O)C(C(C)C)=[N+](C)C(=O)OC)C(C)c1ncc(CC)[nH]1. The number of methoxy groups -OCH3 is 1. The summed E-state index contributed by atoms with van der Waals surface area (Å²) in [4.78, 5) is 34.6. The lowest BCUT2D eigenvalue weighted by Crippen LogP contribution is -2.45. The van der Waals surface area contributed by atoms with Gasteiger partial charge in [-0.2, -0.15) is 4.79 Å². The smallest absolute Gasteiger partial charge is 0.415 e. The van der Waals surface area contributed by atoms with Crippen molar-refractivity contribution in [3.63, 3.8) is 0 Å². The van der Waals surface area contributed by atoms with Crippen molar-refractivity contribution < 1.29 is 18.9 Å². The number of carbonyl (C=O) groups is 2. The predicted octanol–water partition coefficient (Wildman–Crippen LogP) is 2.78. The molecule has 0 saturated heterocycles. The topological polar surface area (TPSA) is 78.3 Å². The molecular formula is C18H31N4O3+. The summed E-state index contributed by atoms with van der Waals surface area (Å²) in [5.41, 5.74) is 1.44. The van der Waals surface area contributed by atoms with E-state index in [2.05, 4.69) is 9.97 Å². The molecule has 1 unspecified atom stereocenters. The minimum atomic E-state index is -0.549. The van der Waals surface area contributed by atoms with E-state index in [0.29, 0.717) is 12.3 Å². The summed E-state index contributed by atoms with van der Waals surface area (Å²) in [7, 11) is 2.87. The number of imidazole rings is 1. The summed E-state index contributed by atoms with van der Waals surface area (Å²) in [5, 5.41) is 0. The van der Waals surface area contributed by atoms with E-state index in [-0.39, 0.29) is 17.9 Å². The van der Waals surface area contributed by atoms with Gasteiger partial charge in [-0.1, -0.05) is 27.7 Å². The Morgan fingerprint density at radius 1 is 1.32 bits per heavy atom. The molecule has 2 amide bonds. The Hall–Kier alpha value is -2.18. The third kappa shape index (κ3) is 4.90. The molecule has 0 bridgehead atoms. The molecule has 0 aliphatic rings. The van der Waals surface area contributed by atoms with Gasteiger partial charge in [-0.3, -0.25) is 4.79 Å². The van der Waals surface area contributed by atoms with Gasteiger partial charge in [0.25, 0.3) is 5.71 Å². The number of hydrogen-bond donors (Lipinski definition) is 1. The van der Waals surface area contributed by atoms with E-state index in [0.717, 1.165) is 24.4 Å². The van der Waals surface area contributed by atoms with Crippen LogP contribution in [0.15, 0.2) is 6.20 Å². The summed E-state index contributed by atoms with van der Waals surface area (Å²) in [6, 6.07) is -0.215. The van der Waals surface area contributed by atoms with E-state index in [4.69, 9.17) is 4.74 Å². The van der Waals surface area contributed by atoms with Gasteiger partial charge in [-0.05, 0) is 19.8 Å². The van der Waals surface area contributed by atoms with Gasteiger partial charge < -0.3 is 14.6 Å². The zero-order valence-electron chi connectivity index (χ0n) is 16.4. The van der Waals surface area contributed by atoms with Crippen molar-refractivity contribution in [2.24, 2.45) is 5.92 Å². The van der Waals surface area contributed by atoms with Crippen molar-refractivity contribution in [2.75, 3.05) is 20.7 Å². The molecule has 7 nitrogen and oxygen atoms in total. The van der Waals surface area contributed by atoms with Crippen LogP contribution in [-0.2, 0) is 16.0 Å². The second-order valence-corrected chi connectivity index (χ2v) is 6.39. The van der Waals surface area contributed by atoms with Crippen molar-refractivity contribution >= 4 is 17.7 Å². The number of rotatable bonds is 7. The van der Waals surface area contributed by atoms with Gasteiger partial charge >= 0.3 is 12.0 Å². The molecule has 1 aromatic heterocycles. The molecule has 0 radical (unpaired) electrons. The lowest BCUT2D eigenvalue weighted by Gasteiger charge is -2.27. The van der Waals surface area contributed by atoms with Crippen LogP contribution in [0.25, 0.3) is 0 Å². The van der Waals surface area contributed by atoms with E-state index in [1.807, 2.05) is 34.6 Å². The number of aromatic nitrogens is 2. The fourth-order valence-corrected chi connectivity index (χ4v) is 2.79. The van der Waals surface area contributed by atoms with E-state index in [1.165, 1.54) is 11.7 Å². The van der Waals surface area contributed by atoms with Gasteiger partial charge in [0.1, 0.15) is 12.9 Å². The molecule has 25 heavy (non-hydrogen) atoms. The summed E-state index contributed by atoms with van der Waals surface area (Å²) in [5.74, 6) is 0.458. The molecular weight excluding hydrogens is 320 g/mol. The Labute approximate surface area is 150 Å². The van der Waals surface area contributed by atoms with Crippen LogP contribution < -0.4 is 0 Å². The minimum Gasteiger partial charge on any atom is -0.415 e. The molecule has 0 fully saturated rings. The molecule has 0 spiro atoms. The van der Waals surface area contributed by atoms with Crippen molar-refractivity contribution in [1.29, 1.82) is 0 Å². The maximum atomic E-state index is 13.2. The van der Waals surface area contributed by atoms with E-state index in [1.54, 1.807) is 18.1 Å². The Kier molecular flexibility index (Phi) is 7.80. The molecule has 1 heterocycles. The Bertz CT molecular complexity index is 634. The quantitative estimate of drug-likeness (QED) is 0.605. The van der Waals surface area contributed by atoms with Crippen LogP contribution in [0, 0.1) is 5.92 Å². The van der Waals surface area contributed by atoms with Crippen LogP contribution in [0.3, 0.4) is 0 Å². The van der Waals surface area contributed by atoms with Crippen LogP contribution >= 0.6 is 0 Å². The monoisotopic (exact) mass is 351 g/mol. The summed E-state index contributed by atoms with van der Waals surface area (Å²) in [6.07, 6.45) is 2.92. The second-order valence-electron chi connectivity index (χ2n) is 6.39. The Morgan fingerprint density at radius 2 is 1.96 bits per heavy atom. The van der Waals surface area contributed by atoms with E-state index < -0.39 is 6.09 Å². The molecule has 0 aliphatic carbocycles. The molecule has 140 valence electrons. The second kappa shape index (κ2) is 9.34. The molecule has 1 N–H and O–H groups in total. The third-order valence-electron chi connectivity index (χ3n) is 4.19. The number of ether oxygens (including phenoxy) is 1. The largest absolute Gasteiger partial charge is 0.596 e. The van der Waals surface area contributed by atoms with Crippen LogP contribution in [-0.4, -0.2) is 57.9 Å². The number of aryl methyl sites for hydroxylation is 1. The van der Waals surface area contributed by atoms with Gasteiger partial charge in [-0.15, -0.1) is 4.58 Å². The lowest BCUT2D eigenvalue weighted by atomic mass is 10.0. The fourth-order valence-electron chi connectivity index (χ4n) is 2.79. The van der Waals surface area contributed by atoms with Crippen molar-refractivity contribution in [3.8, 4) is 0 Å². The number of amides is 2. The highest BCUT2D eigenvalue weighted by Crippen LogP contribution is 2.20. The van der Waals surface area contributed by atoms with Gasteiger partial charge in [-0.25, -0.2) is 4.98 Å². The fraction of sp³-hybridized carbons (Fsp3) is 0.667. The molecule has 1 atom stereocenters. The number of nitrogens with zero attached hydrogens (tertiary/aromatic N) is 3. The highest BCUT2D eigenvalue weighted by atomic mass is 16.5. The van der Waals surface area contributed by atoms with Crippen LogP contribution in [0.2, 0.25) is 0 Å². The van der Waals surface area contributed by atoms with Crippen molar-refractivity contribution in [1.82, 2.24) is 14.9 Å². The maximum absolute atomic E-state index is 13.2. The standard InChI is InChI=1S/C18H30N4O3/c1-8-10-22(13(5)16-19-11-14(9-2)20-16)17(23)15(12(3)4)21(6)18(24)25-7/h11-13H,8-10H2,1-7H3/p+1. The molecule has 7 heteroatoms. The zero-order chi connectivity index (χ0) is 19.1. The van der Waals surface area contributed by atoms with Crippen LogP contribution in [0.4, 0.5) is 4.79 Å². The van der Waals surface area contributed by atoms with E-state index >= 15 is 0 Å². The number of nitrogens with one attached hydrogen (secondary N) is 1. The molecule has 1 aromatic rings. The first-order valence-electron chi connectivity index (χ1n) is 8.81. The summed E-state index contributed by atoms with van der Waals surface area (Å²) < 4.78 is 6.07. The first kappa shape index (κ1) is 20.9. The third-order valence-corrected chi connectivity index (χ3v) is 4.19. The average molecular weight is 351 g/mol. The Morgan fingerprint density at radius 3 is 2.40 bits per heavy atom. The number of hydrogen-bond acceptors (Lipinski definition) is 4. The van der Waals surface area contributed by atoms with Gasteiger partial charge in [0.2, 0.25) is 0 Å². The van der Waals surface area contributed by atoms with Crippen LogP contribution in [0.5, 0.6) is 0 Å². The summed E-state index contributed by atoms with van der Waals surface area (Å²) >= 11 is 0. The van der Waals surface area contributed by atoms with Gasteiger partial charge in [0.05, 0.1) is 13.2 Å². The van der Waals surface area contributed by atoms with Crippen molar-refractivity contribution in [2.45, 2.75) is 53.5 Å². The van der Waals surface area contributed by atoms with E-state index in [9.17, 15) is 9.59 Å².